The molecule has 0 spiro atoms. The van der Waals surface area contributed by atoms with E-state index >= 15 is 0 Å². The molecule has 34 heavy (non-hydrogen) atoms. The Morgan fingerprint density at radius 3 is 2.56 bits per heavy atom. The van der Waals surface area contributed by atoms with Crippen LogP contribution in [0.1, 0.15) is 69.7 Å². The lowest BCUT2D eigenvalue weighted by Crippen LogP contribution is -2.38. The number of benzene rings is 1. The summed E-state index contributed by atoms with van der Waals surface area (Å²) in [5.41, 5.74) is 2.03. The molecule has 2 N–H and O–H groups in total. The molecule has 0 bridgehead atoms. The Bertz CT molecular complexity index is 807. The second-order valence-electron chi connectivity index (χ2n) is 8.02. The molecule has 0 aliphatic heterocycles. The van der Waals surface area contributed by atoms with Crippen LogP contribution in [0.25, 0.3) is 0 Å². The Hall–Kier alpha value is -2.32. The molecule has 0 unspecified atom stereocenters. The van der Waals surface area contributed by atoms with Crippen LogP contribution in [0.3, 0.4) is 0 Å². The average Bonchev–Trinajstić information content (AvgIpc) is 2.88. The van der Waals surface area contributed by atoms with Crippen LogP contribution in [-0.2, 0) is 4.79 Å². The van der Waals surface area contributed by atoms with Gasteiger partial charge in [0.25, 0.3) is 5.91 Å². The van der Waals surface area contributed by atoms with E-state index in [9.17, 15) is 9.59 Å². The Morgan fingerprint density at radius 2 is 1.91 bits per heavy atom. The van der Waals surface area contributed by atoms with Gasteiger partial charge >= 0.3 is 0 Å². The van der Waals surface area contributed by atoms with E-state index in [4.69, 9.17) is 5.11 Å². The molecule has 8 heteroatoms. The zero-order valence-corrected chi connectivity index (χ0v) is 22.2. The fraction of sp³-hybridized carbons (Fsp3) is 0.577. The number of allylic oxidation sites excluding steroid dienone is 1. The van der Waals surface area contributed by atoms with Crippen molar-refractivity contribution in [3.05, 3.63) is 35.2 Å². The number of amides is 2. The summed E-state index contributed by atoms with van der Waals surface area (Å²) >= 11 is 1.41. The SMILES string of the molecule is C/C=C\SCC(=O)NC=Nc1cc(C(=O)N(C)C2CCCCC2)ccc1N(C)CCCO.CC. The highest BCUT2D eigenvalue weighted by Gasteiger charge is 2.23. The highest BCUT2D eigenvalue weighted by atomic mass is 32.2. The molecule has 7 nitrogen and oxygen atoms in total. The molecule has 1 aromatic rings. The number of aliphatic hydroxyl groups excluding tert-OH is 1. The quantitative estimate of drug-likeness (QED) is 0.338. The highest BCUT2D eigenvalue weighted by Crippen LogP contribution is 2.30. The maximum absolute atomic E-state index is 13.1. The van der Waals surface area contributed by atoms with E-state index in [0.29, 0.717) is 30.0 Å². The van der Waals surface area contributed by atoms with Crippen LogP contribution in [0, 0.1) is 0 Å². The van der Waals surface area contributed by atoms with Gasteiger partial charge in [0.15, 0.2) is 0 Å². The lowest BCUT2D eigenvalue weighted by Gasteiger charge is -2.31. The normalized spacial score (nSPS) is 14.1. The van der Waals surface area contributed by atoms with Crippen molar-refractivity contribution >= 4 is 41.3 Å². The average molecular weight is 491 g/mol. The van der Waals surface area contributed by atoms with Crippen LogP contribution in [0.5, 0.6) is 0 Å². The van der Waals surface area contributed by atoms with E-state index in [2.05, 4.69) is 10.3 Å². The van der Waals surface area contributed by atoms with Gasteiger partial charge in [-0.3, -0.25) is 9.59 Å². The van der Waals surface area contributed by atoms with E-state index in [1.54, 1.807) is 6.07 Å². The van der Waals surface area contributed by atoms with Crippen LogP contribution in [0.2, 0.25) is 0 Å². The van der Waals surface area contributed by atoms with Gasteiger partial charge in [0.05, 0.1) is 23.5 Å². The first kappa shape index (κ1) is 29.7. The van der Waals surface area contributed by atoms with E-state index in [1.807, 2.05) is 68.3 Å². The Balaban J connectivity index is 0.00000281. The fourth-order valence-corrected chi connectivity index (χ4v) is 4.31. The Morgan fingerprint density at radius 1 is 1.21 bits per heavy atom. The van der Waals surface area contributed by atoms with Crippen molar-refractivity contribution in [1.82, 2.24) is 10.2 Å². The first-order chi connectivity index (χ1) is 16.5. The third-order valence-corrected chi connectivity index (χ3v) is 6.50. The summed E-state index contributed by atoms with van der Waals surface area (Å²) in [6.07, 6.45) is 9.56. The fourth-order valence-electron chi connectivity index (χ4n) is 3.78. The predicted octanol–water partition coefficient (Wildman–Crippen LogP) is 4.98. The number of rotatable bonds is 11. The third kappa shape index (κ3) is 9.89. The molecule has 1 aliphatic rings. The largest absolute Gasteiger partial charge is 0.396 e. The zero-order valence-electron chi connectivity index (χ0n) is 21.4. The van der Waals surface area contributed by atoms with Gasteiger partial charge in [0.2, 0.25) is 5.91 Å². The van der Waals surface area contributed by atoms with Crippen LogP contribution < -0.4 is 10.2 Å². The summed E-state index contributed by atoms with van der Waals surface area (Å²) in [6, 6.07) is 5.78. The van der Waals surface area contributed by atoms with Crippen LogP contribution in [0.15, 0.2) is 34.7 Å². The zero-order chi connectivity index (χ0) is 25.3. The maximum atomic E-state index is 13.1. The first-order valence-electron chi connectivity index (χ1n) is 12.3. The summed E-state index contributed by atoms with van der Waals surface area (Å²) in [4.78, 5) is 33.4. The Kier molecular flexibility index (Phi) is 15.0. The van der Waals surface area contributed by atoms with Crippen LogP contribution in [0.4, 0.5) is 11.4 Å². The molecule has 1 saturated carbocycles. The van der Waals surface area contributed by atoms with Crippen molar-refractivity contribution in [1.29, 1.82) is 0 Å². The van der Waals surface area contributed by atoms with Gasteiger partial charge < -0.3 is 20.2 Å². The third-order valence-electron chi connectivity index (χ3n) is 5.60. The van der Waals surface area contributed by atoms with Gasteiger partial charge in [0.1, 0.15) is 0 Å². The maximum Gasteiger partial charge on any atom is 0.253 e. The predicted molar refractivity (Wildman–Crippen MR) is 145 cm³/mol. The van der Waals surface area contributed by atoms with E-state index in [1.165, 1.54) is 37.4 Å². The second-order valence-corrected chi connectivity index (χ2v) is 8.91. The highest BCUT2D eigenvalue weighted by molar-refractivity contribution is 8.02. The number of hydrogen-bond acceptors (Lipinski definition) is 6. The monoisotopic (exact) mass is 490 g/mol. The molecular weight excluding hydrogens is 448 g/mol. The standard InChI is InChI=1S/C24H36N4O3S.C2H6/c1-4-15-32-17-23(30)26-18-25-21-16-19(11-12-22(21)27(2)13-8-14-29)24(31)28(3)20-9-6-5-7-10-20;1-2/h4,11-12,15-16,18,20,29H,5-10,13-14,17H2,1-3H3,(H,25,26,30);1-2H3/b15-4-;. The molecule has 2 amide bonds. The molecule has 1 fully saturated rings. The Labute approximate surface area is 209 Å². The van der Waals surface area contributed by atoms with Crippen LogP contribution in [-0.4, -0.2) is 67.2 Å². The van der Waals surface area contributed by atoms with Gasteiger partial charge in [0, 0.05) is 38.9 Å². The summed E-state index contributed by atoms with van der Waals surface area (Å²) in [6.45, 7) is 6.66. The molecule has 1 aromatic carbocycles. The number of carbonyl (C=O) groups is 2. The minimum absolute atomic E-state index is 0.00954. The van der Waals surface area contributed by atoms with Gasteiger partial charge in [-0.1, -0.05) is 39.2 Å². The number of nitrogens with zero attached hydrogens (tertiary/aromatic N) is 3. The lowest BCUT2D eigenvalue weighted by atomic mass is 9.94. The smallest absolute Gasteiger partial charge is 0.253 e. The van der Waals surface area contributed by atoms with E-state index in [0.717, 1.165) is 18.5 Å². The summed E-state index contributed by atoms with van der Waals surface area (Å²) in [7, 11) is 3.80. The van der Waals surface area contributed by atoms with Gasteiger partial charge in [-0.15, -0.1) is 11.8 Å². The van der Waals surface area contributed by atoms with E-state index in [-0.39, 0.29) is 24.5 Å². The number of carbonyl (C=O) groups excluding carboxylic acids is 2. The molecule has 190 valence electrons. The number of aliphatic hydroxyl groups is 1. The molecule has 2 rings (SSSR count). The summed E-state index contributed by atoms with van der Waals surface area (Å²) in [5, 5.41) is 13.7. The van der Waals surface area contributed by atoms with Crippen molar-refractivity contribution in [2.45, 2.75) is 65.3 Å². The van der Waals surface area contributed by atoms with Crippen molar-refractivity contribution in [2.24, 2.45) is 4.99 Å². The molecular formula is C26H42N4O3S. The topological polar surface area (TPSA) is 85.2 Å². The molecule has 0 aromatic heterocycles. The summed E-state index contributed by atoms with van der Waals surface area (Å²) in [5.74, 6) is 0.158. The van der Waals surface area contributed by atoms with Crippen LogP contribution >= 0.6 is 11.8 Å². The van der Waals surface area contributed by atoms with Crippen molar-refractivity contribution < 1.29 is 14.7 Å². The van der Waals surface area contributed by atoms with Gasteiger partial charge in [-0.2, -0.15) is 0 Å². The van der Waals surface area contributed by atoms with Crippen molar-refractivity contribution in [3.63, 3.8) is 0 Å². The van der Waals surface area contributed by atoms with Gasteiger partial charge in [-0.05, 0) is 49.8 Å². The molecule has 0 radical (unpaired) electrons. The second kappa shape index (κ2) is 17.2. The number of nitrogens with one attached hydrogen (secondary N) is 1. The minimum Gasteiger partial charge on any atom is -0.396 e. The minimum atomic E-state index is -0.142. The van der Waals surface area contributed by atoms with Gasteiger partial charge in [-0.25, -0.2) is 4.99 Å². The number of thioether (sulfide) groups is 1. The molecule has 1 aliphatic carbocycles. The number of aliphatic imine (C=N–C) groups is 1. The lowest BCUT2D eigenvalue weighted by molar-refractivity contribution is -0.117. The van der Waals surface area contributed by atoms with E-state index < -0.39 is 0 Å². The molecule has 0 heterocycles. The molecule has 0 saturated heterocycles. The number of hydrogen-bond donors (Lipinski definition) is 2. The van der Waals surface area contributed by atoms with Crippen molar-refractivity contribution in [3.8, 4) is 0 Å². The summed E-state index contributed by atoms with van der Waals surface area (Å²) < 4.78 is 0. The van der Waals surface area contributed by atoms with Crippen molar-refractivity contribution in [2.75, 3.05) is 37.9 Å². The molecule has 0 atom stereocenters. The first-order valence-corrected chi connectivity index (χ1v) is 13.3. The number of anilines is 1.